The molecule has 1 aliphatic rings. The van der Waals surface area contributed by atoms with Crippen LogP contribution in [0.25, 0.3) is 0 Å². The Morgan fingerprint density at radius 2 is 2.11 bits per heavy atom. The van der Waals surface area contributed by atoms with Crippen molar-refractivity contribution in [2.24, 2.45) is 11.3 Å². The van der Waals surface area contributed by atoms with Crippen LogP contribution in [0.15, 0.2) is 18.2 Å². The van der Waals surface area contributed by atoms with Gasteiger partial charge in [0.1, 0.15) is 0 Å². The van der Waals surface area contributed by atoms with Crippen molar-refractivity contribution in [1.29, 1.82) is 0 Å². The average molecular weight is 265 g/mol. The zero-order valence-electron chi connectivity index (χ0n) is 10.9. The first-order chi connectivity index (χ1) is 8.33. The minimum Gasteiger partial charge on any atom is -0.294 e. The van der Waals surface area contributed by atoms with E-state index in [1.54, 1.807) is 0 Å². The molecule has 0 N–H and O–H groups in total. The lowest BCUT2D eigenvalue weighted by atomic mass is 9.88. The molecule has 96 valence electrons. The van der Waals surface area contributed by atoms with Crippen LogP contribution >= 0.6 is 11.6 Å². The Morgan fingerprint density at radius 1 is 1.44 bits per heavy atom. The number of hydrogen-bond acceptors (Lipinski definition) is 2. The van der Waals surface area contributed by atoms with Gasteiger partial charge < -0.3 is 0 Å². The summed E-state index contributed by atoms with van der Waals surface area (Å²) >= 11 is 5.51. The van der Waals surface area contributed by atoms with Crippen LogP contribution in [-0.4, -0.2) is 11.0 Å². The summed E-state index contributed by atoms with van der Waals surface area (Å²) in [4.78, 5) is 23.3. The zero-order chi connectivity index (χ0) is 13.5. The van der Waals surface area contributed by atoms with Crippen molar-refractivity contribution >= 4 is 22.6 Å². The molecule has 3 heteroatoms. The van der Waals surface area contributed by atoms with Gasteiger partial charge in [0.15, 0.2) is 5.78 Å². The van der Waals surface area contributed by atoms with Crippen LogP contribution in [0.2, 0.25) is 0 Å². The fraction of sp³-hybridized carbons (Fsp3) is 0.467. The van der Waals surface area contributed by atoms with Crippen LogP contribution in [0.4, 0.5) is 0 Å². The lowest BCUT2D eigenvalue weighted by Gasteiger charge is -2.14. The highest BCUT2D eigenvalue weighted by molar-refractivity contribution is 6.63. The molecule has 0 saturated heterocycles. The fourth-order valence-electron chi connectivity index (χ4n) is 2.54. The Kier molecular flexibility index (Phi) is 3.33. The molecule has 2 nitrogen and oxygen atoms in total. The van der Waals surface area contributed by atoms with Gasteiger partial charge in [0.25, 0.3) is 0 Å². The number of halogens is 1. The molecule has 0 heterocycles. The predicted molar refractivity (Wildman–Crippen MR) is 72.0 cm³/mol. The lowest BCUT2D eigenvalue weighted by Crippen LogP contribution is -2.18. The summed E-state index contributed by atoms with van der Waals surface area (Å²) in [5.74, 6) is -0.0128. The number of rotatable bonds is 3. The van der Waals surface area contributed by atoms with Gasteiger partial charge in [-0.2, -0.15) is 0 Å². The van der Waals surface area contributed by atoms with E-state index in [1.165, 1.54) is 0 Å². The molecular weight excluding hydrogens is 248 g/mol. The maximum Gasteiger partial charge on any atom is 0.224 e. The topological polar surface area (TPSA) is 34.1 Å². The second kappa shape index (κ2) is 4.51. The van der Waals surface area contributed by atoms with Crippen LogP contribution in [0.3, 0.4) is 0 Å². The molecule has 1 aliphatic carbocycles. The Balaban J connectivity index is 2.37. The zero-order valence-corrected chi connectivity index (χ0v) is 11.7. The Labute approximate surface area is 112 Å². The van der Waals surface area contributed by atoms with Crippen LogP contribution in [0, 0.1) is 11.3 Å². The molecule has 0 bridgehead atoms. The fourth-order valence-corrected chi connectivity index (χ4v) is 2.62. The first kappa shape index (κ1) is 13.3. The van der Waals surface area contributed by atoms with Crippen molar-refractivity contribution in [2.45, 2.75) is 33.6 Å². The molecule has 1 aromatic carbocycles. The first-order valence-corrected chi connectivity index (χ1v) is 6.55. The maximum atomic E-state index is 12.2. The molecule has 1 atom stereocenters. The summed E-state index contributed by atoms with van der Waals surface area (Å²) in [5.41, 5.74) is 2.66. The second-order valence-corrected chi connectivity index (χ2v) is 6.11. The SMILES string of the molecule is CC(Cc1cccc2c1CC(C)(C)C2=O)C(=O)Cl. The molecule has 0 spiro atoms. The van der Waals surface area contributed by atoms with E-state index in [4.69, 9.17) is 11.6 Å². The Bertz CT molecular complexity index is 517. The molecule has 2 rings (SSSR count). The summed E-state index contributed by atoms with van der Waals surface area (Å²) in [7, 11) is 0. The van der Waals surface area contributed by atoms with Crippen molar-refractivity contribution < 1.29 is 9.59 Å². The molecule has 0 amide bonds. The third kappa shape index (κ3) is 2.22. The van der Waals surface area contributed by atoms with Gasteiger partial charge in [-0.3, -0.25) is 9.59 Å². The van der Waals surface area contributed by atoms with Gasteiger partial charge in [-0.05, 0) is 35.6 Å². The number of hydrogen-bond donors (Lipinski definition) is 0. The Hall–Kier alpha value is -1.15. The highest BCUT2D eigenvalue weighted by atomic mass is 35.5. The van der Waals surface area contributed by atoms with Crippen LogP contribution in [0.5, 0.6) is 0 Å². The quantitative estimate of drug-likeness (QED) is 0.784. The first-order valence-electron chi connectivity index (χ1n) is 6.18. The lowest BCUT2D eigenvalue weighted by molar-refractivity contribution is -0.114. The van der Waals surface area contributed by atoms with E-state index < -0.39 is 0 Å². The number of carbonyl (C=O) groups is 2. The molecule has 0 fully saturated rings. The third-order valence-electron chi connectivity index (χ3n) is 3.66. The molecule has 0 aromatic heterocycles. The maximum absolute atomic E-state index is 12.2. The van der Waals surface area contributed by atoms with Gasteiger partial charge in [0, 0.05) is 16.9 Å². The van der Waals surface area contributed by atoms with E-state index in [0.29, 0.717) is 6.42 Å². The number of carbonyl (C=O) groups excluding carboxylic acids is 2. The van der Waals surface area contributed by atoms with Gasteiger partial charge in [-0.15, -0.1) is 0 Å². The molecule has 0 saturated carbocycles. The minimum atomic E-state index is -0.327. The van der Waals surface area contributed by atoms with Crippen molar-refractivity contribution in [1.82, 2.24) is 0 Å². The summed E-state index contributed by atoms with van der Waals surface area (Å²) < 4.78 is 0. The molecule has 1 unspecified atom stereocenters. The largest absolute Gasteiger partial charge is 0.294 e. The number of Topliss-reactive ketones (excluding diaryl/α,β-unsaturated/α-hetero) is 1. The summed E-state index contributed by atoms with van der Waals surface area (Å²) in [6, 6.07) is 5.76. The van der Waals surface area contributed by atoms with Gasteiger partial charge in [0.05, 0.1) is 0 Å². The van der Waals surface area contributed by atoms with Crippen LogP contribution in [0.1, 0.15) is 42.3 Å². The van der Waals surface area contributed by atoms with E-state index in [1.807, 2.05) is 39.0 Å². The summed E-state index contributed by atoms with van der Waals surface area (Å²) in [6.45, 7) is 5.75. The molecule has 18 heavy (non-hydrogen) atoms. The third-order valence-corrected chi connectivity index (χ3v) is 4.04. The van der Waals surface area contributed by atoms with Crippen molar-refractivity contribution in [3.05, 3.63) is 34.9 Å². The molecule has 1 aromatic rings. The number of benzene rings is 1. The second-order valence-electron chi connectivity index (χ2n) is 5.74. The summed E-state index contributed by atoms with van der Waals surface area (Å²) in [6.07, 6.45) is 1.36. The van der Waals surface area contributed by atoms with Gasteiger partial charge in [-0.1, -0.05) is 39.0 Å². The van der Waals surface area contributed by atoms with Gasteiger partial charge in [-0.25, -0.2) is 0 Å². The average Bonchev–Trinajstić information content (AvgIpc) is 2.52. The van der Waals surface area contributed by atoms with E-state index in [9.17, 15) is 9.59 Å². The monoisotopic (exact) mass is 264 g/mol. The molecule has 0 aliphatic heterocycles. The van der Waals surface area contributed by atoms with E-state index in [-0.39, 0.29) is 22.4 Å². The van der Waals surface area contributed by atoms with E-state index in [2.05, 4.69) is 0 Å². The normalized spacial score (nSPS) is 18.6. The van der Waals surface area contributed by atoms with Crippen LogP contribution < -0.4 is 0 Å². The summed E-state index contributed by atoms with van der Waals surface area (Å²) in [5, 5.41) is -0.323. The molecule has 0 radical (unpaired) electrons. The highest BCUT2D eigenvalue weighted by Crippen LogP contribution is 2.38. The Morgan fingerprint density at radius 3 is 2.72 bits per heavy atom. The van der Waals surface area contributed by atoms with Crippen molar-refractivity contribution in [2.75, 3.05) is 0 Å². The van der Waals surface area contributed by atoms with Gasteiger partial charge in [0.2, 0.25) is 5.24 Å². The van der Waals surface area contributed by atoms with Crippen LogP contribution in [-0.2, 0) is 17.6 Å². The van der Waals surface area contributed by atoms with Crippen molar-refractivity contribution in [3.63, 3.8) is 0 Å². The minimum absolute atomic E-state index is 0.198. The molecular formula is C15H17ClO2. The standard InChI is InChI=1S/C15H17ClO2/c1-9(14(16)18)7-10-5-4-6-11-12(10)8-15(2,3)13(11)17/h4-6,9H,7-8H2,1-3H3. The number of fused-ring (bicyclic) bond motifs is 1. The highest BCUT2D eigenvalue weighted by Gasteiger charge is 2.38. The smallest absolute Gasteiger partial charge is 0.224 e. The van der Waals surface area contributed by atoms with Gasteiger partial charge >= 0.3 is 0 Å². The van der Waals surface area contributed by atoms with Crippen molar-refractivity contribution in [3.8, 4) is 0 Å². The van der Waals surface area contributed by atoms with E-state index >= 15 is 0 Å². The predicted octanol–water partition coefficient (Wildman–Crippen LogP) is 3.40. The number of ketones is 1. The van der Waals surface area contributed by atoms with E-state index in [0.717, 1.165) is 23.1 Å².